The maximum atomic E-state index is 12.9. The van der Waals surface area contributed by atoms with Crippen molar-refractivity contribution in [2.45, 2.75) is 39.2 Å². The Morgan fingerprint density at radius 3 is 2.52 bits per heavy atom. The molecule has 1 aromatic rings. The van der Waals surface area contributed by atoms with Crippen LogP contribution in [0.5, 0.6) is 5.75 Å². The molecule has 0 saturated heterocycles. The van der Waals surface area contributed by atoms with Gasteiger partial charge in [0.1, 0.15) is 11.5 Å². The molecule has 3 rings (SSSR count). The van der Waals surface area contributed by atoms with Gasteiger partial charge in [0.25, 0.3) is 0 Å². The van der Waals surface area contributed by atoms with Crippen LogP contribution in [0.25, 0.3) is 0 Å². The number of para-hydroxylation sites is 1. The Morgan fingerprint density at radius 2 is 1.96 bits per heavy atom. The second-order valence-electron chi connectivity index (χ2n) is 8.24. The second-order valence-corrected chi connectivity index (χ2v) is 10.0. The van der Waals surface area contributed by atoms with Crippen LogP contribution >= 0.6 is 0 Å². The maximum absolute atomic E-state index is 12.9. The van der Waals surface area contributed by atoms with E-state index in [9.17, 15) is 13.2 Å². The van der Waals surface area contributed by atoms with E-state index in [0.29, 0.717) is 24.5 Å². The molecular formula is C20H29NO5S. The lowest BCUT2D eigenvalue weighted by Gasteiger charge is -2.36. The molecular weight excluding hydrogens is 366 g/mol. The SMILES string of the molecule is COc1ccccc1[C@@H](CNS(=O)(=O)C[C@@]12CC[C@@H](CC1=O)C2(C)C)OC. The molecule has 6 nitrogen and oxygen atoms in total. The van der Waals surface area contributed by atoms with E-state index in [1.54, 1.807) is 7.11 Å². The predicted molar refractivity (Wildman–Crippen MR) is 103 cm³/mol. The van der Waals surface area contributed by atoms with Gasteiger partial charge in [0, 0.05) is 31.1 Å². The summed E-state index contributed by atoms with van der Waals surface area (Å²) < 4.78 is 39.2. The molecule has 2 bridgehead atoms. The number of ether oxygens (including phenoxy) is 2. The molecule has 2 aliphatic rings. The number of methoxy groups -OCH3 is 2. The largest absolute Gasteiger partial charge is 0.496 e. The van der Waals surface area contributed by atoms with Crippen LogP contribution in [0, 0.1) is 16.7 Å². The summed E-state index contributed by atoms with van der Waals surface area (Å²) in [7, 11) is -0.532. The molecule has 0 amide bonds. The standard InChI is InChI=1S/C20H29NO5S/c1-19(2)14-9-10-20(19,18(22)11-14)13-27(23,24)21-12-17(26-4)15-7-5-6-8-16(15)25-3/h5-8,14,17,21H,9-13H2,1-4H3/t14-,17+,20-/m0/s1. The fourth-order valence-electron chi connectivity index (χ4n) is 4.94. The van der Waals surface area contributed by atoms with E-state index in [2.05, 4.69) is 4.72 Å². The predicted octanol–water partition coefficient (Wildman–Crippen LogP) is 2.70. The van der Waals surface area contributed by atoms with Crippen LogP contribution in [-0.4, -0.2) is 40.7 Å². The highest BCUT2D eigenvalue weighted by Crippen LogP contribution is 2.64. The Labute approximate surface area is 161 Å². The van der Waals surface area contributed by atoms with Crippen molar-refractivity contribution in [1.82, 2.24) is 4.72 Å². The number of rotatable bonds is 8. The van der Waals surface area contributed by atoms with Gasteiger partial charge in [-0.05, 0) is 30.2 Å². The van der Waals surface area contributed by atoms with Gasteiger partial charge < -0.3 is 9.47 Å². The zero-order chi connectivity index (χ0) is 19.9. The molecule has 0 radical (unpaired) electrons. The van der Waals surface area contributed by atoms with E-state index in [-0.39, 0.29) is 23.5 Å². The number of carbonyl (C=O) groups excluding carboxylic acids is 1. The molecule has 2 aliphatic carbocycles. The second kappa shape index (κ2) is 7.18. The van der Waals surface area contributed by atoms with Gasteiger partial charge in [-0.25, -0.2) is 13.1 Å². The van der Waals surface area contributed by atoms with Crippen molar-refractivity contribution in [1.29, 1.82) is 0 Å². The molecule has 7 heteroatoms. The van der Waals surface area contributed by atoms with Crippen molar-refractivity contribution in [2.24, 2.45) is 16.7 Å². The molecule has 0 spiro atoms. The number of hydrogen-bond donors (Lipinski definition) is 1. The number of nitrogens with one attached hydrogen (secondary N) is 1. The molecule has 2 saturated carbocycles. The van der Waals surface area contributed by atoms with Crippen molar-refractivity contribution in [2.75, 3.05) is 26.5 Å². The Kier molecular flexibility index (Phi) is 5.40. The van der Waals surface area contributed by atoms with Crippen molar-refractivity contribution in [3.05, 3.63) is 29.8 Å². The summed E-state index contributed by atoms with van der Waals surface area (Å²) in [5.41, 5.74) is -0.264. The van der Waals surface area contributed by atoms with Crippen LogP contribution in [-0.2, 0) is 19.6 Å². The van der Waals surface area contributed by atoms with Gasteiger partial charge in [0.05, 0.1) is 19.0 Å². The van der Waals surface area contributed by atoms with Gasteiger partial charge in [-0.2, -0.15) is 0 Å². The van der Waals surface area contributed by atoms with E-state index in [4.69, 9.17) is 9.47 Å². The average molecular weight is 396 g/mol. The molecule has 150 valence electrons. The summed E-state index contributed by atoms with van der Waals surface area (Å²) in [6, 6.07) is 7.37. The lowest BCUT2D eigenvalue weighted by Crippen LogP contribution is -2.46. The summed E-state index contributed by atoms with van der Waals surface area (Å²) in [5.74, 6) is 0.889. The normalized spacial score (nSPS) is 27.7. The monoisotopic (exact) mass is 395 g/mol. The number of carbonyl (C=O) groups is 1. The summed E-state index contributed by atoms with van der Waals surface area (Å²) in [6.45, 7) is 4.17. The van der Waals surface area contributed by atoms with E-state index < -0.39 is 21.5 Å². The summed E-state index contributed by atoms with van der Waals surface area (Å²) in [4.78, 5) is 12.6. The van der Waals surface area contributed by atoms with E-state index >= 15 is 0 Å². The van der Waals surface area contributed by atoms with Crippen molar-refractivity contribution >= 4 is 15.8 Å². The first kappa shape index (κ1) is 20.3. The zero-order valence-corrected chi connectivity index (χ0v) is 17.3. The van der Waals surface area contributed by atoms with Crippen molar-refractivity contribution < 1.29 is 22.7 Å². The van der Waals surface area contributed by atoms with E-state index in [1.165, 1.54) is 7.11 Å². The minimum absolute atomic E-state index is 0.0906. The van der Waals surface area contributed by atoms with E-state index in [1.807, 2.05) is 38.1 Å². The molecule has 0 heterocycles. The zero-order valence-electron chi connectivity index (χ0n) is 16.4. The molecule has 27 heavy (non-hydrogen) atoms. The Hall–Kier alpha value is -1.44. The third kappa shape index (κ3) is 3.41. The number of ketones is 1. The van der Waals surface area contributed by atoms with Crippen LogP contribution in [0.3, 0.4) is 0 Å². The van der Waals surface area contributed by atoms with Crippen LogP contribution in [0.2, 0.25) is 0 Å². The molecule has 0 aliphatic heterocycles. The molecule has 0 unspecified atom stereocenters. The van der Waals surface area contributed by atoms with Gasteiger partial charge >= 0.3 is 0 Å². The lowest BCUT2D eigenvalue weighted by molar-refractivity contribution is -0.128. The van der Waals surface area contributed by atoms with Crippen LogP contribution in [0.15, 0.2) is 24.3 Å². The summed E-state index contributed by atoms with van der Waals surface area (Å²) in [5, 5.41) is 0. The summed E-state index contributed by atoms with van der Waals surface area (Å²) in [6.07, 6.45) is 1.61. The number of hydrogen-bond acceptors (Lipinski definition) is 5. The Bertz CT molecular complexity index is 819. The minimum Gasteiger partial charge on any atom is -0.496 e. The first-order chi connectivity index (χ1) is 12.7. The van der Waals surface area contributed by atoms with Crippen LogP contribution in [0.4, 0.5) is 0 Å². The molecule has 3 atom stereocenters. The third-order valence-corrected chi connectivity index (χ3v) is 8.31. The van der Waals surface area contributed by atoms with E-state index in [0.717, 1.165) is 12.0 Å². The van der Waals surface area contributed by atoms with Crippen LogP contribution in [0.1, 0.15) is 44.8 Å². The lowest BCUT2D eigenvalue weighted by atomic mass is 9.70. The first-order valence-corrected chi connectivity index (χ1v) is 11.0. The first-order valence-electron chi connectivity index (χ1n) is 9.33. The van der Waals surface area contributed by atoms with Gasteiger partial charge in [-0.15, -0.1) is 0 Å². The minimum atomic E-state index is -3.64. The highest BCUT2D eigenvalue weighted by Gasteiger charge is 2.65. The quantitative estimate of drug-likeness (QED) is 0.732. The van der Waals surface area contributed by atoms with Crippen molar-refractivity contribution in [3.8, 4) is 5.75 Å². The maximum Gasteiger partial charge on any atom is 0.212 e. The van der Waals surface area contributed by atoms with Crippen molar-refractivity contribution in [3.63, 3.8) is 0 Å². The summed E-state index contributed by atoms with van der Waals surface area (Å²) >= 11 is 0. The fraction of sp³-hybridized carbons (Fsp3) is 0.650. The van der Waals surface area contributed by atoms with Gasteiger partial charge in [0.15, 0.2) is 0 Å². The van der Waals surface area contributed by atoms with Gasteiger partial charge in [-0.3, -0.25) is 4.79 Å². The number of sulfonamides is 1. The fourth-order valence-corrected chi connectivity index (χ4v) is 6.77. The molecule has 1 aromatic carbocycles. The molecule has 0 aromatic heterocycles. The average Bonchev–Trinajstić information content (AvgIpc) is 2.96. The molecule has 1 N–H and O–H groups in total. The Balaban J connectivity index is 1.74. The van der Waals surface area contributed by atoms with Gasteiger partial charge in [0.2, 0.25) is 10.0 Å². The number of fused-ring (bicyclic) bond motifs is 2. The third-order valence-electron chi connectivity index (χ3n) is 6.83. The number of benzene rings is 1. The highest BCUT2D eigenvalue weighted by atomic mass is 32.2. The highest BCUT2D eigenvalue weighted by molar-refractivity contribution is 7.89. The van der Waals surface area contributed by atoms with Crippen LogP contribution < -0.4 is 9.46 Å². The smallest absolute Gasteiger partial charge is 0.212 e. The molecule has 2 fully saturated rings. The topological polar surface area (TPSA) is 81.7 Å². The number of Topliss-reactive ketones (excluding diaryl/α,β-unsaturated/α-hetero) is 1. The van der Waals surface area contributed by atoms with Gasteiger partial charge in [-0.1, -0.05) is 32.0 Å². The Morgan fingerprint density at radius 1 is 1.26 bits per heavy atom.